The predicted molar refractivity (Wildman–Crippen MR) is 61.1 cm³/mol. The first-order valence-corrected chi connectivity index (χ1v) is 5.55. The first-order valence-electron chi connectivity index (χ1n) is 5.55. The number of aliphatic carboxylic acids is 1. The minimum atomic E-state index is -0.896. The van der Waals surface area contributed by atoms with E-state index in [1.807, 2.05) is 0 Å². The van der Waals surface area contributed by atoms with E-state index < -0.39 is 17.7 Å². The van der Waals surface area contributed by atoms with E-state index in [9.17, 15) is 14.3 Å². The average Bonchev–Trinajstić information content (AvgIpc) is 2.81. The van der Waals surface area contributed by atoms with Crippen LogP contribution in [0.25, 0.3) is 0 Å². The Balaban J connectivity index is 2.29. The molecule has 5 nitrogen and oxygen atoms in total. The number of carbonyl (C=O) groups is 1. The molecule has 0 radical (unpaired) electrons. The molecule has 2 atom stereocenters. The second-order valence-corrected chi connectivity index (χ2v) is 4.28. The third-order valence-corrected chi connectivity index (χ3v) is 3.14. The van der Waals surface area contributed by atoms with Crippen molar-refractivity contribution in [3.05, 3.63) is 23.5 Å². The van der Waals surface area contributed by atoms with Crippen molar-refractivity contribution in [3.8, 4) is 11.5 Å². The average molecular weight is 255 g/mol. The normalized spacial score (nSPS) is 23.0. The van der Waals surface area contributed by atoms with Gasteiger partial charge in [0.25, 0.3) is 0 Å². The molecule has 1 aromatic carbocycles. The summed E-state index contributed by atoms with van der Waals surface area (Å²) < 4.78 is 18.2. The van der Waals surface area contributed by atoms with E-state index in [-0.39, 0.29) is 17.5 Å². The molecule has 0 bridgehead atoms. The van der Waals surface area contributed by atoms with Crippen LogP contribution >= 0.6 is 0 Å². The van der Waals surface area contributed by atoms with E-state index >= 15 is 0 Å². The van der Waals surface area contributed by atoms with Gasteiger partial charge in [-0.1, -0.05) is 0 Å². The maximum atomic E-state index is 13.4. The standard InChI is InChI=1S/C12H14FNO4/c1-18-10-4-7(13)3-8(11(10)15)9-2-6(5-14-9)12(16)17/h3-4,6,9,14-15H,2,5H2,1H3,(H,16,17). The molecule has 0 amide bonds. The lowest BCUT2D eigenvalue weighted by Gasteiger charge is -2.15. The van der Waals surface area contributed by atoms with E-state index in [0.717, 1.165) is 6.07 Å². The van der Waals surface area contributed by atoms with Gasteiger partial charge in [-0.2, -0.15) is 0 Å². The van der Waals surface area contributed by atoms with E-state index in [4.69, 9.17) is 9.84 Å². The topological polar surface area (TPSA) is 78.8 Å². The first-order chi connectivity index (χ1) is 8.52. The lowest BCUT2D eigenvalue weighted by Crippen LogP contribution is -2.17. The van der Waals surface area contributed by atoms with Gasteiger partial charge in [0.1, 0.15) is 5.82 Å². The Morgan fingerprint density at radius 2 is 2.28 bits per heavy atom. The highest BCUT2D eigenvalue weighted by atomic mass is 19.1. The van der Waals surface area contributed by atoms with Crippen molar-refractivity contribution in [2.75, 3.05) is 13.7 Å². The van der Waals surface area contributed by atoms with Gasteiger partial charge >= 0.3 is 5.97 Å². The van der Waals surface area contributed by atoms with Crippen molar-refractivity contribution >= 4 is 5.97 Å². The number of hydrogen-bond donors (Lipinski definition) is 3. The van der Waals surface area contributed by atoms with Crippen LogP contribution in [-0.4, -0.2) is 29.8 Å². The summed E-state index contributed by atoms with van der Waals surface area (Å²) in [5.74, 6) is -2.05. The van der Waals surface area contributed by atoms with Gasteiger partial charge in [-0.15, -0.1) is 0 Å². The van der Waals surface area contributed by atoms with Gasteiger partial charge in [0.05, 0.1) is 13.0 Å². The number of carboxylic acid groups (broad SMARTS) is 1. The summed E-state index contributed by atoms with van der Waals surface area (Å²) in [6, 6.07) is 1.90. The molecule has 0 spiro atoms. The fourth-order valence-corrected chi connectivity index (χ4v) is 2.18. The van der Waals surface area contributed by atoms with Crippen LogP contribution < -0.4 is 10.1 Å². The van der Waals surface area contributed by atoms with Crippen molar-refractivity contribution in [1.82, 2.24) is 5.32 Å². The largest absolute Gasteiger partial charge is 0.504 e. The van der Waals surface area contributed by atoms with Crippen LogP contribution in [0.5, 0.6) is 11.5 Å². The van der Waals surface area contributed by atoms with E-state index in [1.165, 1.54) is 13.2 Å². The number of carboxylic acids is 1. The summed E-state index contributed by atoms with van der Waals surface area (Å²) in [6.07, 6.45) is 0.315. The van der Waals surface area contributed by atoms with Crippen LogP contribution in [0.3, 0.4) is 0 Å². The number of phenols is 1. The molecular formula is C12H14FNO4. The fourth-order valence-electron chi connectivity index (χ4n) is 2.18. The number of nitrogens with one attached hydrogen (secondary N) is 1. The third kappa shape index (κ3) is 2.24. The first kappa shape index (κ1) is 12.6. The third-order valence-electron chi connectivity index (χ3n) is 3.14. The van der Waals surface area contributed by atoms with Crippen molar-refractivity contribution in [2.24, 2.45) is 5.92 Å². The number of halogens is 1. The summed E-state index contributed by atoms with van der Waals surface area (Å²) >= 11 is 0. The monoisotopic (exact) mass is 255 g/mol. The maximum Gasteiger partial charge on any atom is 0.307 e. The lowest BCUT2D eigenvalue weighted by atomic mass is 9.99. The number of phenolic OH excluding ortho intramolecular Hbond substituents is 1. The van der Waals surface area contributed by atoms with Gasteiger partial charge in [-0.3, -0.25) is 4.79 Å². The quantitative estimate of drug-likeness (QED) is 0.758. The Bertz CT molecular complexity index is 477. The molecule has 1 aliphatic rings. The fraction of sp³-hybridized carbons (Fsp3) is 0.417. The van der Waals surface area contributed by atoms with Crippen LogP contribution in [-0.2, 0) is 4.79 Å². The molecule has 0 aromatic heterocycles. The zero-order valence-electron chi connectivity index (χ0n) is 9.81. The molecule has 2 unspecified atom stereocenters. The number of ether oxygens (including phenoxy) is 1. The van der Waals surface area contributed by atoms with Crippen molar-refractivity contribution < 1.29 is 24.1 Å². The molecule has 6 heteroatoms. The molecule has 1 saturated heterocycles. The zero-order valence-corrected chi connectivity index (χ0v) is 9.81. The molecule has 1 fully saturated rings. The van der Waals surface area contributed by atoms with Crippen molar-refractivity contribution in [2.45, 2.75) is 12.5 Å². The van der Waals surface area contributed by atoms with Crippen molar-refractivity contribution in [1.29, 1.82) is 0 Å². The second kappa shape index (κ2) is 4.81. The summed E-state index contributed by atoms with van der Waals surface area (Å²) in [4.78, 5) is 10.9. The molecule has 3 N–H and O–H groups in total. The molecular weight excluding hydrogens is 241 g/mol. The number of methoxy groups -OCH3 is 1. The summed E-state index contributed by atoms with van der Waals surface area (Å²) in [5.41, 5.74) is 0.329. The second-order valence-electron chi connectivity index (χ2n) is 4.28. The van der Waals surface area contributed by atoms with Gasteiger partial charge in [-0.05, 0) is 12.5 Å². The number of rotatable bonds is 3. The summed E-state index contributed by atoms with van der Waals surface area (Å²) in [6.45, 7) is 0.304. The molecule has 2 rings (SSSR count). The molecule has 1 aliphatic heterocycles. The maximum absolute atomic E-state index is 13.4. The summed E-state index contributed by atoms with van der Waals surface area (Å²) in [5, 5.41) is 21.8. The molecule has 0 aliphatic carbocycles. The molecule has 18 heavy (non-hydrogen) atoms. The van der Waals surface area contributed by atoms with Gasteiger partial charge in [0.2, 0.25) is 0 Å². The Labute approximate surface area is 103 Å². The molecule has 98 valence electrons. The predicted octanol–water partition coefficient (Wildman–Crippen LogP) is 1.28. The van der Waals surface area contributed by atoms with Crippen LogP contribution in [0.15, 0.2) is 12.1 Å². The van der Waals surface area contributed by atoms with E-state index in [0.29, 0.717) is 18.5 Å². The summed E-state index contributed by atoms with van der Waals surface area (Å²) in [7, 11) is 1.33. The Hall–Kier alpha value is -1.82. The minimum absolute atomic E-state index is 0.0468. The molecule has 1 heterocycles. The van der Waals surface area contributed by atoms with Crippen LogP contribution in [0, 0.1) is 11.7 Å². The number of hydrogen-bond acceptors (Lipinski definition) is 4. The van der Waals surface area contributed by atoms with Gasteiger partial charge in [-0.25, -0.2) is 4.39 Å². The smallest absolute Gasteiger partial charge is 0.307 e. The van der Waals surface area contributed by atoms with E-state index in [2.05, 4.69) is 5.32 Å². The highest BCUT2D eigenvalue weighted by molar-refractivity contribution is 5.71. The Kier molecular flexibility index (Phi) is 3.38. The number of aromatic hydroxyl groups is 1. The molecule has 0 saturated carbocycles. The highest BCUT2D eigenvalue weighted by Crippen LogP contribution is 2.38. The minimum Gasteiger partial charge on any atom is -0.504 e. The Morgan fingerprint density at radius 3 is 2.83 bits per heavy atom. The van der Waals surface area contributed by atoms with Gasteiger partial charge in [0, 0.05) is 24.2 Å². The van der Waals surface area contributed by atoms with Crippen LogP contribution in [0.1, 0.15) is 18.0 Å². The van der Waals surface area contributed by atoms with Crippen LogP contribution in [0.2, 0.25) is 0 Å². The lowest BCUT2D eigenvalue weighted by molar-refractivity contribution is -0.141. The molecule has 1 aromatic rings. The number of benzene rings is 1. The van der Waals surface area contributed by atoms with Crippen LogP contribution in [0.4, 0.5) is 4.39 Å². The SMILES string of the molecule is COc1cc(F)cc(C2CC(C(=O)O)CN2)c1O. The zero-order chi connectivity index (χ0) is 13.3. The van der Waals surface area contributed by atoms with Crippen molar-refractivity contribution in [3.63, 3.8) is 0 Å². The highest BCUT2D eigenvalue weighted by Gasteiger charge is 2.32. The van der Waals surface area contributed by atoms with Gasteiger partial charge in [0.15, 0.2) is 11.5 Å². The Morgan fingerprint density at radius 1 is 1.56 bits per heavy atom. The van der Waals surface area contributed by atoms with E-state index in [1.54, 1.807) is 0 Å². The van der Waals surface area contributed by atoms with Gasteiger partial charge < -0.3 is 20.3 Å².